The Bertz CT molecular complexity index is 367. The van der Waals surface area contributed by atoms with E-state index in [9.17, 15) is 0 Å². The number of rotatable bonds is 3. The van der Waals surface area contributed by atoms with Crippen LogP contribution in [0.5, 0.6) is 5.75 Å². The van der Waals surface area contributed by atoms with Crippen molar-refractivity contribution in [1.82, 2.24) is 0 Å². The van der Waals surface area contributed by atoms with E-state index in [0.717, 1.165) is 12.2 Å². The largest absolute Gasteiger partial charge is 0.497 e. The molecule has 1 fully saturated rings. The van der Waals surface area contributed by atoms with Crippen molar-refractivity contribution in [2.75, 3.05) is 19.1 Å². The average Bonchev–Trinajstić information content (AvgIpc) is 2.38. The molecular weight excluding hydrogens is 212 g/mol. The first kappa shape index (κ1) is 12.2. The third-order valence-corrected chi connectivity index (χ3v) is 3.70. The van der Waals surface area contributed by atoms with E-state index in [1.165, 1.54) is 24.9 Å². The Morgan fingerprint density at radius 2 is 2.18 bits per heavy atom. The van der Waals surface area contributed by atoms with Gasteiger partial charge < -0.3 is 15.4 Å². The molecule has 2 unspecified atom stereocenters. The molecule has 3 heteroatoms. The fourth-order valence-corrected chi connectivity index (χ4v) is 2.59. The van der Waals surface area contributed by atoms with Crippen LogP contribution in [0.2, 0.25) is 0 Å². The van der Waals surface area contributed by atoms with E-state index in [-0.39, 0.29) is 0 Å². The van der Waals surface area contributed by atoms with Crippen LogP contribution in [-0.2, 0) is 0 Å². The summed E-state index contributed by atoms with van der Waals surface area (Å²) >= 11 is 0. The van der Waals surface area contributed by atoms with E-state index in [2.05, 4.69) is 24.1 Å². The summed E-state index contributed by atoms with van der Waals surface area (Å²) in [4.78, 5) is 2.33. The van der Waals surface area contributed by atoms with Gasteiger partial charge in [0.25, 0.3) is 0 Å². The number of anilines is 1. The topological polar surface area (TPSA) is 38.5 Å². The van der Waals surface area contributed by atoms with E-state index in [1.807, 2.05) is 12.1 Å². The molecule has 0 aliphatic heterocycles. The Morgan fingerprint density at radius 1 is 1.35 bits per heavy atom. The summed E-state index contributed by atoms with van der Waals surface area (Å²) in [5.41, 5.74) is 7.26. The molecule has 1 aliphatic carbocycles. The van der Waals surface area contributed by atoms with Gasteiger partial charge in [-0.05, 0) is 37.8 Å². The Morgan fingerprint density at radius 3 is 2.88 bits per heavy atom. The highest BCUT2D eigenvalue weighted by molar-refractivity contribution is 5.51. The highest BCUT2D eigenvalue weighted by Crippen LogP contribution is 2.27. The van der Waals surface area contributed by atoms with E-state index < -0.39 is 0 Å². The standard InChI is InChI=1S/C14H22N2O/c1-16(12-6-3-5-11(15)9-12)13-7-4-8-14(10-13)17-2/h4,7-8,10-12H,3,5-6,9,15H2,1-2H3. The Hall–Kier alpha value is -1.22. The second-order valence-electron chi connectivity index (χ2n) is 4.89. The molecule has 0 amide bonds. The summed E-state index contributed by atoms with van der Waals surface area (Å²) in [5, 5.41) is 0. The summed E-state index contributed by atoms with van der Waals surface area (Å²) < 4.78 is 5.26. The average molecular weight is 234 g/mol. The van der Waals surface area contributed by atoms with Gasteiger partial charge in [0, 0.05) is 30.9 Å². The highest BCUT2D eigenvalue weighted by atomic mass is 16.5. The summed E-state index contributed by atoms with van der Waals surface area (Å²) in [6, 6.07) is 9.15. The SMILES string of the molecule is COc1cccc(N(C)C2CCCC(N)C2)c1. The predicted octanol–water partition coefficient (Wildman–Crippen LogP) is 2.40. The molecule has 0 bridgehead atoms. The molecular formula is C14H22N2O. The molecule has 2 N–H and O–H groups in total. The number of benzene rings is 1. The second-order valence-corrected chi connectivity index (χ2v) is 4.89. The van der Waals surface area contributed by atoms with Crippen LogP contribution in [0.3, 0.4) is 0 Å². The molecule has 2 atom stereocenters. The minimum absolute atomic E-state index is 0.363. The van der Waals surface area contributed by atoms with Crippen molar-refractivity contribution in [3.8, 4) is 5.75 Å². The minimum Gasteiger partial charge on any atom is -0.497 e. The first-order chi connectivity index (χ1) is 8.20. The third-order valence-electron chi connectivity index (χ3n) is 3.70. The van der Waals surface area contributed by atoms with E-state index >= 15 is 0 Å². The maximum Gasteiger partial charge on any atom is 0.120 e. The lowest BCUT2D eigenvalue weighted by atomic mass is 9.90. The minimum atomic E-state index is 0.363. The zero-order valence-corrected chi connectivity index (χ0v) is 10.7. The number of hydrogen-bond donors (Lipinski definition) is 1. The Kier molecular flexibility index (Phi) is 3.89. The normalized spacial score (nSPS) is 24.4. The van der Waals surface area contributed by atoms with Crippen molar-refractivity contribution in [3.05, 3.63) is 24.3 Å². The van der Waals surface area contributed by atoms with Crippen LogP contribution in [0.1, 0.15) is 25.7 Å². The molecule has 0 aromatic heterocycles. The number of ether oxygens (including phenoxy) is 1. The summed E-state index contributed by atoms with van der Waals surface area (Å²) in [7, 11) is 3.85. The van der Waals surface area contributed by atoms with Gasteiger partial charge in [0.1, 0.15) is 5.75 Å². The fourth-order valence-electron chi connectivity index (χ4n) is 2.59. The molecule has 1 aromatic rings. The van der Waals surface area contributed by atoms with Gasteiger partial charge in [-0.3, -0.25) is 0 Å². The van der Waals surface area contributed by atoms with E-state index in [1.54, 1.807) is 7.11 Å². The van der Waals surface area contributed by atoms with Crippen LogP contribution in [0.15, 0.2) is 24.3 Å². The molecule has 0 saturated heterocycles. The molecule has 0 spiro atoms. The second kappa shape index (κ2) is 5.41. The van der Waals surface area contributed by atoms with Crippen LogP contribution >= 0.6 is 0 Å². The van der Waals surface area contributed by atoms with Gasteiger partial charge >= 0.3 is 0 Å². The summed E-state index contributed by atoms with van der Waals surface area (Å²) in [6.07, 6.45) is 4.73. The van der Waals surface area contributed by atoms with Crippen LogP contribution in [-0.4, -0.2) is 26.2 Å². The van der Waals surface area contributed by atoms with Crippen LogP contribution in [0, 0.1) is 0 Å². The van der Waals surface area contributed by atoms with Crippen molar-refractivity contribution >= 4 is 5.69 Å². The van der Waals surface area contributed by atoms with Crippen LogP contribution < -0.4 is 15.4 Å². The molecule has 1 saturated carbocycles. The van der Waals surface area contributed by atoms with Gasteiger partial charge in [-0.1, -0.05) is 6.07 Å². The molecule has 2 rings (SSSR count). The van der Waals surface area contributed by atoms with Gasteiger partial charge in [-0.25, -0.2) is 0 Å². The maximum atomic E-state index is 6.05. The highest BCUT2D eigenvalue weighted by Gasteiger charge is 2.22. The van der Waals surface area contributed by atoms with Gasteiger partial charge in [0.05, 0.1) is 7.11 Å². The monoisotopic (exact) mass is 234 g/mol. The van der Waals surface area contributed by atoms with Crippen LogP contribution in [0.4, 0.5) is 5.69 Å². The first-order valence-corrected chi connectivity index (χ1v) is 6.33. The smallest absolute Gasteiger partial charge is 0.120 e. The molecule has 94 valence electrons. The molecule has 17 heavy (non-hydrogen) atoms. The Labute approximate surface area is 104 Å². The van der Waals surface area contributed by atoms with Gasteiger partial charge in [0.15, 0.2) is 0 Å². The van der Waals surface area contributed by atoms with Crippen LogP contribution in [0.25, 0.3) is 0 Å². The Balaban J connectivity index is 2.09. The van der Waals surface area contributed by atoms with Crippen molar-refractivity contribution in [1.29, 1.82) is 0 Å². The number of methoxy groups -OCH3 is 1. The molecule has 1 aliphatic rings. The van der Waals surface area contributed by atoms with Gasteiger partial charge in [0.2, 0.25) is 0 Å². The number of nitrogens with zero attached hydrogens (tertiary/aromatic N) is 1. The van der Waals surface area contributed by atoms with Crippen molar-refractivity contribution < 1.29 is 4.74 Å². The van der Waals surface area contributed by atoms with Crippen molar-refractivity contribution in [2.24, 2.45) is 5.73 Å². The summed E-state index contributed by atoms with van der Waals surface area (Å²) in [5.74, 6) is 0.912. The first-order valence-electron chi connectivity index (χ1n) is 6.33. The molecule has 0 heterocycles. The third kappa shape index (κ3) is 2.91. The number of hydrogen-bond acceptors (Lipinski definition) is 3. The zero-order valence-electron chi connectivity index (χ0n) is 10.7. The zero-order chi connectivity index (χ0) is 12.3. The van der Waals surface area contributed by atoms with Gasteiger partial charge in [-0.15, -0.1) is 0 Å². The van der Waals surface area contributed by atoms with E-state index in [4.69, 9.17) is 10.5 Å². The van der Waals surface area contributed by atoms with Crippen molar-refractivity contribution in [3.63, 3.8) is 0 Å². The molecule has 0 radical (unpaired) electrons. The lowest BCUT2D eigenvalue weighted by Gasteiger charge is -2.35. The van der Waals surface area contributed by atoms with Gasteiger partial charge in [-0.2, -0.15) is 0 Å². The molecule has 3 nitrogen and oxygen atoms in total. The quantitative estimate of drug-likeness (QED) is 0.872. The predicted molar refractivity (Wildman–Crippen MR) is 71.6 cm³/mol. The van der Waals surface area contributed by atoms with E-state index in [0.29, 0.717) is 12.1 Å². The maximum absolute atomic E-state index is 6.05. The van der Waals surface area contributed by atoms with Crippen molar-refractivity contribution in [2.45, 2.75) is 37.8 Å². The number of nitrogens with two attached hydrogens (primary N) is 1. The fraction of sp³-hybridized carbons (Fsp3) is 0.571. The lowest BCUT2D eigenvalue weighted by molar-refractivity contribution is 0.381. The lowest BCUT2D eigenvalue weighted by Crippen LogP contribution is -2.40. The molecule has 1 aromatic carbocycles. The summed E-state index contributed by atoms with van der Waals surface area (Å²) in [6.45, 7) is 0.